The second-order valence-electron chi connectivity index (χ2n) is 6.24. The summed E-state index contributed by atoms with van der Waals surface area (Å²) in [7, 11) is 0. The molecule has 0 spiro atoms. The molecule has 2 aliphatic heterocycles. The maximum absolute atomic E-state index is 5.41. The molecule has 1 saturated heterocycles. The highest BCUT2D eigenvalue weighted by atomic mass is 32.1. The van der Waals surface area contributed by atoms with Gasteiger partial charge < -0.3 is 9.64 Å². The van der Waals surface area contributed by atoms with E-state index in [9.17, 15) is 0 Å². The highest BCUT2D eigenvalue weighted by molar-refractivity contribution is 7.18. The molecule has 2 aliphatic rings. The topological polar surface area (TPSA) is 41.5 Å². The molecule has 0 atom stereocenters. The number of morpholine rings is 1. The number of hydrogen-bond acceptors (Lipinski definition) is 6. The normalized spacial score (nSPS) is 19.1. The van der Waals surface area contributed by atoms with E-state index in [4.69, 9.17) is 4.74 Å². The van der Waals surface area contributed by atoms with Crippen molar-refractivity contribution >= 4 is 27.4 Å². The molecule has 0 aromatic carbocycles. The van der Waals surface area contributed by atoms with E-state index in [0.717, 1.165) is 55.4 Å². The number of hydrogen-bond donors (Lipinski definition) is 0. The number of thiophene rings is 1. The van der Waals surface area contributed by atoms with Crippen LogP contribution in [0.1, 0.15) is 5.56 Å². The highest BCUT2D eigenvalue weighted by Crippen LogP contribution is 2.33. The number of nitrogens with zero attached hydrogens (tertiary/aromatic N) is 4. The van der Waals surface area contributed by atoms with Gasteiger partial charge in [0, 0.05) is 31.9 Å². The first kappa shape index (κ1) is 16.4. The Bertz CT molecular complexity index is 833. The average Bonchev–Trinajstić information content (AvgIpc) is 3.04. The molecule has 2 aromatic rings. The molecule has 0 bridgehead atoms. The van der Waals surface area contributed by atoms with Crippen molar-refractivity contribution in [3.63, 3.8) is 0 Å². The zero-order valence-corrected chi connectivity index (χ0v) is 15.2. The van der Waals surface area contributed by atoms with Crippen LogP contribution in [-0.4, -0.2) is 54.3 Å². The van der Waals surface area contributed by atoms with Crippen molar-refractivity contribution in [3.8, 4) is 0 Å². The molecule has 4 rings (SSSR count). The fourth-order valence-corrected chi connectivity index (χ4v) is 4.14. The molecular weight excluding hydrogens is 332 g/mol. The standard InChI is InChI=1S/C19H22N4OS/c1-15-13-25-18-17(15)20-14-21-19(18)23-8-3-2-5-16(23)6-4-7-22-9-11-24-12-10-22/h2-6,13-14H,7-12H2,1H3. The smallest absolute Gasteiger partial charge is 0.154 e. The molecule has 0 radical (unpaired) electrons. The van der Waals surface area contributed by atoms with Gasteiger partial charge in [0.05, 0.1) is 23.4 Å². The molecule has 2 aromatic heterocycles. The molecule has 0 unspecified atom stereocenters. The van der Waals surface area contributed by atoms with Crippen LogP contribution >= 0.6 is 11.3 Å². The number of rotatable bonds is 4. The van der Waals surface area contributed by atoms with E-state index in [1.807, 2.05) is 0 Å². The summed E-state index contributed by atoms with van der Waals surface area (Å²) in [6.45, 7) is 7.57. The van der Waals surface area contributed by atoms with E-state index in [1.165, 1.54) is 11.3 Å². The molecule has 4 heterocycles. The van der Waals surface area contributed by atoms with Gasteiger partial charge in [0.15, 0.2) is 5.82 Å². The quantitative estimate of drug-likeness (QED) is 0.844. The van der Waals surface area contributed by atoms with Crippen molar-refractivity contribution in [2.45, 2.75) is 6.92 Å². The van der Waals surface area contributed by atoms with Gasteiger partial charge in [0.2, 0.25) is 0 Å². The number of fused-ring (bicyclic) bond motifs is 1. The van der Waals surface area contributed by atoms with Crippen molar-refractivity contribution in [1.29, 1.82) is 0 Å². The maximum atomic E-state index is 5.41. The van der Waals surface area contributed by atoms with Gasteiger partial charge in [0.1, 0.15) is 6.33 Å². The van der Waals surface area contributed by atoms with Crippen LogP contribution in [0, 0.1) is 6.92 Å². The Labute approximate surface area is 151 Å². The van der Waals surface area contributed by atoms with Gasteiger partial charge >= 0.3 is 0 Å². The zero-order chi connectivity index (χ0) is 17.1. The number of aryl methyl sites for hydroxylation is 1. The molecular formula is C19H22N4OS. The first-order valence-corrected chi connectivity index (χ1v) is 9.51. The lowest BCUT2D eigenvalue weighted by Gasteiger charge is -2.27. The van der Waals surface area contributed by atoms with Gasteiger partial charge in [-0.15, -0.1) is 11.3 Å². The zero-order valence-electron chi connectivity index (χ0n) is 14.4. The Morgan fingerprint density at radius 3 is 3.04 bits per heavy atom. The Morgan fingerprint density at radius 1 is 1.28 bits per heavy atom. The largest absolute Gasteiger partial charge is 0.379 e. The fraction of sp³-hybridized carbons (Fsp3) is 0.368. The first-order chi connectivity index (χ1) is 12.3. The maximum Gasteiger partial charge on any atom is 0.154 e. The molecule has 130 valence electrons. The lowest BCUT2D eigenvalue weighted by molar-refractivity contribution is 0.0434. The lowest BCUT2D eigenvalue weighted by atomic mass is 10.2. The van der Waals surface area contributed by atoms with Gasteiger partial charge in [0.25, 0.3) is 0 Å². The average molecular weight is 354 g/mol. The van der Waals surface area contributed by atoms with Crippen LogP contribution in [0.4, 0.5) is 5.82 Å². The molecule has 6 heteroatoms. The summed E-state index contributed by atoms with van der Waals surface area (Å²) in [5, 5.41) is 2.15. The summed E-state index contributed by atoms with van der Waals surface area (Å²) in [6, 6.07) is 0. The van der Waals surface area contributed by atoms with E-state index in [-0.39, 0.29) is 0 Å². The van der Waals surface area contributed by atoms with Gasteiger partial charge in [-0.3, -0.25) is 4.90 Å². The Morgan fingerprint density at radius 2 is 2.16 bits per heavy atom. The predicted octanol–water partition coefficient (Wildman–Crippen LogP) is 3.15. The minimum atomic E-state index is 0.830. The molecule has 0 N–H and O–H groups in total. The minimum Gasteiger partial charge on any atom is -0.379 e. The Hall–Kier alpha value is -2.02. The van der Waals surface area contributed by atoms with E-state index in [1.54, 1.807) is 17.7 Å². The number of anilines is 1. The summed E-state index contributed by atoms with van der Waals surface area (Å²) < 4.78 is 6.56. The third kappa shape index (κ3) is 3.51. The van der Waals surface area contributed by atoms with Crippen molar-refractivity contribution in [2.24, 2.45) is 0 Å². The van der Waals surface area contributed by atoms with E-state index in [0.29, 0.717) is 0 Å². The van der Waals surface area contributed by atoms with Gasteiger partial charge in [-0.05, 0) is 30.0 Å². The monoisotopic (exact) mass is 354 g/mol. The minimum absolute atomic E-state index is 0.830. The highest BCUT2D eigenvalue weighted by Gasteiger charge is 2.17. The molecule has 1 fully saturated rings. The summed E-state index contributed by atoms with van der Waals surface area (Å²) in [4.78, 5) is 13.7. The van der Waals surface area contributed by atoms with Crippen LogP contribution in [-0.2, 0) is 4.74 Å². The number of allylic oxidation sites excluding steroid dienone is 3. The van der Waals surface area contributed by atoms with Crippen LogP contribution in [0.5, 0.6) is 0 Å². The van der Waals surface area contributed by atoms with Crippen LogP contribution in [0.3, 0.4) is 0 Å². The summed E-state index contributed by atoms with van der Waals surface area (Å²) in [5.41, 5.74) is 3.44. The van der Waals surface area contributed by atoms with Crippen LogP contribution < -0.4 is 4.90 Å². The third-order valence-corrected chi connectivity index (χ3v) is 5.61. The summed E-state index contributed by atoms with van der Waals surface area (Å²) in [6.07, 6.45) is 12.5. The van der Waals surface area contributed by atoms with Gasteiger partial charge in [-0.25, -0.2) is 9.97 Å². The second-order valence-corrected chi connectivity index (χ2v) is 7.12. The third-order valence-electron chi connectivity index (χ3n) is 4.53. The van der Waals surface area contributed by atoms with Crippen molar-refractivity contribution < 1.29 is 4.74 Å². The first-order valence-electron chi connectivity index (χ1n) is 8.63. The van der Waals surface area contributed by atoms with Crippen molar-refractivity contribution in [2.75, 3.05) is 44.3 Å². The van der Waals surface area contributed by atoms with E-state index >= 15 is 0 Å². The SMILES string of the molecule is Cc1csc2c(N3CC=CC=C3C=CCN3CCOCC3)ncnc12. The van der Waals surface area contributed by atoms with Crippen LogP contribution in [0.15, 0.2) is 47.8 Å². The Balaban J connectivity index is 1.56. The van der Waals surface area contributed by atoms with Crippen LogP contribution in [0.2, 0.25) is 0 Å². The summed E-state index contributed by atoms with van der Waals surface area (Å²) in [5.74, 6) is 0.995. The lowest BCUT2D eigenvalue weighted by Crippen LogP contribution is -2.36. The molecule has 5 nitrogen and oxygen atoms in total. The van der Waals surface area contributed by atoms with E-state index < -0.39 is 0 Å². The second kappa shape index (κ2) is 7.47. The predicted molar refractivity (Wildman–Crippen MR) is 103 cm³/mol. The molecule has 0 aliphatic carbocycles. The molecule has 25 heavy (non-hydrogen) atoms. The fourth-order valence-electron chi connectivity index (χ4n) is 3.14. The van der Waals surface area contributed by atoms with Crippen molar-refractivity contribution in [1.82, 2.24) is 14.9 Å². The van der Waals surface area contributed by atoms with Gasteiger partial charge in [-0.2, -0.15) is 0 Å². The molecule has 0 amide bonds. The van der Waals surface area contributed by atoms with E-state index in [2.05, 4.69) is 62.5 Å². The molecule has 0 saturated carbocycles. The number of aromatic nitrogens is 2. The van der Waals surface area contributed by atoms with Crippen LogP contribution in [0.25, 0.3) is 10.2 Å². The van der Waals surface area contributed by atoms with Crippen molar-refractivity contribution in [3.05, 3.63) is 53.3 Å². The summed E-state index contributed by atoms with van der Waals surface area (Å²) >= 11 is 1.72. The van der Waals surface area contributed by atoms with Gasteiger partial charge in [-0.1, -0.05) is 18.2 Å². The Kier molecular flexibility index (Phi) is 4.92. The number of ether oxygens (including phenoxy) is 1.